The topological polar surface area (TPSA) is 79.0 Å². The summed E-state index contributed by atoms with van der Waals surface area (Å²) in [5.41, 5.74) is 0.727. The molecule has 0 spiro atoms. The molecule has 0 aliphatic heterocycles. The molecule has 0 saturated heterocycles. The Kier molecular flexibility index (Phi) is 4.68. The number of nitrogens with zero attached hydrogens (tertiary/aromatic N) is 3. The lowest BCUT2D eigenvalue weighted by Crippen LogP contribution is -2.40. The predicted octanol–water partition coefficient (Wildman–Crippen LogP) is 2.16. The van der Waals surface area contributed by atoms with Gasteiger partial charge in [0.25, 0.3) is 5.69 Å². The van der Waals surface area contributed by atoms with Crippen LogP contribution in [0.1, 0.15) is 31.2 Å². The van der Waals surface area contributed by atoms with Gasteiger partial charge in [0.1, 0.15) is 0 Å². The smallest absolute Gasteiger partial charge is 0.270 e. The number of benzene rings is 1. The zero-order valence-electron chi connectivity index (χ0n) is 11.5. The van der Waals surface area contributed by atoms with Crippen molar-refractivity contribution in [3.8, 4) is 0 Å². The molecule has 0 unspecified atom stereocenters. The Morgan fingerprint density at radius 3 is 2.90 bits per heavy atom. The minimum absolute atomic E-state index is 0.0266. The van der Waals surface area contributed by atoms with E-state index < -0.39 is 4.92 Å². The molecule has 2 atom stereocenters. The van der Waals surface area contributed by atoms with Crippen LogP contribution in [0.3, 0.4) is 0 Å². The van der Waals surface area contributed by atoms with Crippen molar-refractivity contribution in [2.75, 3.05) is 7.05 Å². The number of non-ortho nitro benzene ring substituents is 1. The van der Waals surface area contributed by atoms with Gasteiger partial charge in [0.2, 0.25) is 0 Å². The maximum absolute atomic E-state index is 10.7. The molecule has 1 N–H and O–H groups in total. The molecule has 0 heterocycles. The monoisotopic (exact) mass is 277 g/mol. The Bertz CT molecular complexity index is 504. The molecule has 1 aliphatic rings. The highest BCUT2D eigenvalue weighted by Crippen LogP contribution is 2.22. The second kappa shape index (κ2) is 6.47. The third-order valence-corrected chi connectivity index (χ3v) is 3.64. The van der Waals surface area contributed by atoms with Gasteiger partial charge in [0, 0.05) is 24.7 Å². The van der Waals surface area contributed by atoms with Crippen molar-refractivity contribution in [1.29, 1.82) is 0 Å². The van der Waals surface area contributed by atoms with E-state index >= 15 is 0 Å². The lowest BCUT2D eigenvalue weighted by Gasteiger charge is -2.33. The van der Waals surface area contributed by atoms with Crippen LogP contribution in [0.4, 0.5) is 5.69 Å². The summed E-state index contributed by atoms with van der Waals surface area (Å²) in [6, 6.07) is 6.36. The minimum Gasteiger partial charge on any atom is -0.391 e. The summed E-state index contributed by atoms with van der Waals surface area (Å²) in [7, 11) is 1.83. The van der Waals surface area contributed by atoms with E-state index in [-0.39, 0.29) is 17.8 Å². The van der Waals surface area contributed by atoms with Gasteiger partial charge < -0.3 is 5.11 Å². The highest BCUT2D eigenvalue weighted by atomic mass is 16.6. The fourth-order valence-corrected chi connectivity index (χ4v) is 2.49. The number of nitro benzene ring substituents is 1. The van der Waals surface area contributed by atoms with Gasteiger partial charge in [0.15, 0.2) is 0 Å². The van der Waals surface area contributed by atoms with Crippen LogP contribution in [-0.2, 0) is 0 Å². The van der Waals surface area contributed by atoms with Crippen LogP contribution < -0.4 is 0 Å². The van der Waals surface area contributed by atoms with E-state index in [4.69, 9.17) is 0 Å². The fourth-order valence-electron chi connectivity index (χ4n) is 2.49. The lowest BCUT2D eigenvalue weighted by atomic mass is 9.92. The molecule has 1 fully saturated rings. The molecule has 1 aliphatic carbocycles. The van der Waals surface area contributed by atoms with Crippen LogP contribution in [0.5, 0.6) is 0 Å². The quantitative estimate of drug-likeness (QED) is 0.519. The molecule has 20 heavy (non-hydrogen) atoms. The number of aliphatic hydroxyl groups excluding tert-OH is 1. The first-order valence-corrected chi connectivity index (χ1v) is 6.77. The molecule has 6 nitrogen and oxygen atoms in total. The molecule has 0 aromatic heterocycles. The van der Waals surface area contributed by atoms with Gasteiger partial charge in [0.05, 0.1) is 23.3 Å². The molecule has 1 aromatic carbocycles. The van der Waals surface area contributed by atoms with Gasteiger partial charge >= 0.3 is 0 Å². The summed E-state index contributed by atoms with van der Waals surface area (Å²) < 4.78 is 0. The second-order valence-electron chi connectivity index (χ2n) is 5.09. The van der Waals surface area contributed by atoms with Crippen molar-refractivity contribution in [3.05, 3.63) is 39.9 Å². The van der Waals surface area contributed by atoms with Gasteiger partial charge in [-0.1, -0.05) is 25.0 Å². The molecular formula is C14H19N3O3. The molecule has 6 heteroatoms. The SMILES string of the molecule is CN(/N=C/c1cccc([N+](=O)[O-])c1)[C@@H]1CCCC[C@H]1O. The largest absolute Gasteiger partial charge is 0.391 e. The molecular weight excluding hydrogens is 258 g/mol. The number of hydrogen-bond donors (Lipinski definition) is 1. The zero-order chi connectivity index (χ0) is 14.5. The first-order chi connectivity index (χ1) is 9.58. The van der Waals surface area contributed by atoms with Crippen molar-refractivity contribution in [3.63, 3.8) is 0 Å². The van der Waals surface area contributed by atoms with E-state index in [0.717, 1.165) is 25.7 Å². The molecule has 1 aromatic rings. The standard InChI is InChI=1S/C14H19N3O3/c1-16(13-7-2-3-8-14(13)18)15-10-11-5-4-6-12(9-11)17(19)20/h4-6,9-10,13-14,18H,2-3,7-8H2,1H3/b15-10+/t13-,14-/m1/s1. The summed E-state index contributed by atoms with van der Waals surface area (Å²) in [6.07, 6.45) is 5.12. The number of hydrogen-bond acceptors (Lipinski definition) is 5. The molecule has 1 saturated carbocycles. The molecule has 0 amide bonds. The van der Waals surface area contributed by atoms with Gasteiger partial charge in [-0.05, 0) is 12.8 Å². The Hall–Kier alpha value is -1.95. The zero-order valence-corrected chi connectivity index (χ0v) is 11.5. The maximum atomic E-state index is 10.7. The lowest BCUT2D eigenvalue weighted by molar-refractivity contribution is -0.384. The van der Waals surface area contributed by atoms with Crippen LogP contribution in [0.25, 0.3) is 0 Å². The summed E-state index contributed by atoms with van der Waals surface area (Å²) in [5.74, 6) is 0. The van der Waals surface area contributed by atoms with Crippen molar-refractivity contribution in [2.24, 2.45) is 5.10 Å². The number of hydrazone groups is 1. The van der Waals surface area contributed by atoms with E-state index in [0.29, 0.717) is 5.56 Å². The highest BCUT2D eigenvalue weighted by molar-refractivity contribution is 5.80. The second-order valence-corrected chi connectivity index (χ2v) is 5.09. The van der Waals surface area contributed by atoms with Crippen LogP contribution in [0.2, 0.25) is 0 Å². The minimum atomic E-state index is -0.425. The third-order valence-electron chi connectivity index (χ3n) is 3.64. The molecule has 0 radical (unpaired) electrons. The Labute approximate surface area is 117 Å². The highest BCUT2D eigenvalue weighted by Gasteiger charge is 2.25. The van der Waals surface area contributed by atoms with Crippen LogP contribution in [0, 0.1) is 10.1 Å². The van der Waals surface area contributed by atoms with Crippen molar-refractivity contribution < 1.29 is 10.0 Å². The van der Waals surface area contributed by atoms with Crippen molar-refractivity contribution in [1.82, 2.24) is 5.01 Å². The normalized spacial score (nSPS) is 22.9. The number of aliphatic hydroxyl groups is 1. The summed E-state index contributed by atoms with van der Waals surface area (Å²) in [4.78, 5) is 10.3. The van der Waals surface area contributed by atoms with E-state index in [1.807, 2.05) is 7.05 Å². The number of rotatable bonds is 4. The molecule has 108 valence electrons. The van der Waals surface area contributed by atoms with Crippen LogP contribution in [-0.4, -0.2) is 40.4 Å². The van der Waals surface area contributed by atoms with Crippen LogP contribution >= 0.6 is 0 Å². The average Bonchev–Trinajstić information content (AvgIpc) is 2.45. The number of nitro groups is 1. The van der Waals surface area contributed by atoms with E-state index in [1.54, 1.807) is 23.4 Å². The molecule has 0 bridgehead atoms. The van der Waals surface area contributed by atoms with Crippen molar-refractivity contribution in [2.45, 2.75) is 37.8 Å². The average molecular weight is 277 g/mol. The maximum Gasteiger partial charge on any atom is 0.270 e. The van der Waals surface area contributed by atoms with E-state index in [1.165, 1.54) is 12.1 Å². The van der Waals surface area contributed by atoms with E-state index in [9.17, 15) is 15.2 Å². The fraction of sp³-hybridized carbons (Fsp3) is 0.500. The Balaban J connectivity index is 2.04. The van der Waals surface area contributed by atoms with Crippen LogP contribution in [0.15, 0.2) is 29.4 Å². The Morgan fingerprint density at radius 2 is 2.20 bits per heavy atom. The van der Waals surface area contributed by atoms with E-state index in [2.05, 4.69) is 5.10 Å². The van der Waals surface area contributed by atoms with Crippen molar-refractivity contribution >= 4 is 11.9 Å². The summed E-state index contributed by atoms with van der Waals surface area (Å²) >= 11 is 0. The predicted molar refractivity (Wildman–Crippen MR) is 76.7 cm³/mol. The molecule has 2 rings (SSSR count). The number of likely N-dealkylation sites (N-methyl/N-ethyl adjacent to an activating group) is 1. The van der Waals surface area contributed by atoms with Gasteiger partial charge in [-0.3, -0.25) is 15.1 Å². The van der Waals surface area contributed by atoms with Gasteiger partial charge in [-0.25, -0.2) is 0 Å². The Morgan fingerprint density at radius 1 is 1.45 bits per heavy atom. The summed E-state index contributed by atoms with van der Waals surface area (Å²) in [6.45, 7) is 0. The first-order valence-electron chi connectivity index (χ1n) is 6.77. The van der Waals surface area contributed by atoms with Gasteiger partial charge in [-0.2, -0.15) is 5.10 Å². The van der Waals surface area contributed by atoms with Gasteiger partial charge in [-0.15, -0.1) is 0 Å². The third kappa shape index (κ3) is 3.54. The first kappa shape index (κ1) is 14.5. The summed E-state index contributed by atoms with van der Waals surface area (Å²) in [5, 5.41) is 26.7.